The summed E-state index contributed by atoms with van der Waals surface area (Å²) in [5, 5.41) is 6.13. The third-order valence-electron chi connectivity index (χ3n) is 3.92. The first-order valence-electron chi connectivity index (χ1n) is 8.16. The molecule has 2 N–H and O–H groups in total. The van der Waals surface area contributed by atoms with Crippen LogP contribution in [-0.4, -0.2) is 31.2 Å². The van der Waals surface area contributed by atoms with Crippen molar-refractivity contribution in [3.05, 3.63) is 60.2 Å². The van der Waals surface area contributed by atoms with Crippen molar-refractivity contribution in [1.82, 2.24) is 10.6 Å². The van der Waals surface area contributed by atoms with Crippen LogP contribution in [0.4, 0.5) is 0 Å². The highest BCUT2D eigenvalue weighted by atomic mass is 16.6. The van der Waals surface area contributed by atoms with Gasteiger partial charge in [-0.05, 0) is 24.6 Å². The molecule has 0 saturated heterocycles. The van der Waals surface area contributed by atoms with Crippen LogP contribution in [0.25, 0.3) is 0 Å². The van der Waals surface area contributed by atoms with Gasteiger partial charge in [0.2, 0.25) is 5.91 Å². The van der Waals surface area contributed by atoms with E-state index in [-0.39, 0.29) is 18.1 Å². The van der Waals surface area contributed by atoms with Gasteiger partial charge in [0.05, 0.1) is 6.04 Å². The lowest BCUT2D eigenvalue weighted by molar-refractivity contribution is -0.123. The maximum atomic E-state index is 12.1. The number of benzene rings is 2. The SMILES string of the molecule is C[C@H](NC[C@H]1COc2ccccc2O1)C(=O)NCc1ccccc1. The Bertz CT molecular complexity index is 675. The van der Waals surface area contributed by atoms with Crippen molar-refractivity contribution in [3.63, 3.8) is 0 Å². The Labute approximate surface area is 142 Å². The van der Waals surface area contributed by atoms with E-state index in [1.54, 1.807) is 0 Å². The molecule has 5 nitrogen and oxygen atoms in total. The maximum absolute atomic E-state index is 12.1. The summed E-state index contributed by atoms with van der Waals surface area (Å²) >= 11 is 0. The minimum atomic E-state index is -0.297. The molecule has 2 aromatic rings. The summed E-state index contributed by atoms with van der Waals surface area (Å²) in [6.45, 7) is 3.40. The molecule has 1 heterocycles. The molecular formula is C19H22N2O3. The molecule has 0 fully saturated rings. The molecule has 126 valence electrons. The lowest BCUT2D eigenvalue weighted by Crippen LogP contribution is -2.47. The van der Waals surface area contributed by atoms with E-state index in [0.29, 0.717) is 19.7 Å². The molecule has 2 aromatic carbocycles. The van der Waals surface area contributed by atoms with Crippen molar-refractivity contribution in [2.45, 2.75) is 25.6 Å². The number of fused-ring (bicyclic) bond motifs is 1. The largest absolute Gasteiger partial charge is 0.486 e. The molecule has 0 bridgehead atoms. The molecule has 24 heavy (non-hydrogen) atoms. The van der Waals surface area contributed by atoms with Crippen LogP contribution in [0.5, 0.6) is 11.5 Å². The molecule has 0 spiro atoms. The number of hydrogen-bond donors (Lipinski definition) is 2. The summed E-state index contributed by atoms with van der Waals surface area (Å²) in [5.41, 5.74) is 1.08. The molecule has 1 aliphatic heterocycles. The van der Waals surface area contributed by atoms with Gasteiger partial charge in [-0.15, -0.1) is 0 Å². The van der Waals surface area contributed by atoms with Crippen LogP contribution in [0, 0.1) is 0 Å². The molecule has 1 amide bonds. The lowest BCUT2D eigenvalue weighted by Gasteiger charge is -2.27. The van der Waals surface area contributed by atoms with Gasteiger partial charge < -0.3 is 20.1 Å². The van der Waals surface area contributed by atoms with E-state index in [1.165, 1.54) is 0 Å². The normalized spacial score (nSPS) is 17.1. The average molecular weight is 326 g/mol. The van der Waals surface area contributed by atoms with Crippen molar-refractivity contribution in [3.8, 4) is 11.5 Å². The second-order valence-electron chi connectivity index (χ2n) is 5.83. The molecule has 0 radical (unpaired) electrons. The number of rotatable bonds is 6. The van der Waals surface area contributed by atoms with E-state index in [9.17, 15) is 4.79 Å². The Morgan fingerprint density at radius 2 is 1.83 bits per heavy atom. The van der Waals surface area contributed by atoms with Crippen molar-refractivity contribution in [2.24, 2.45) is 0 Å². The number of hydrogen-bond acceptors (Lipinski definition) is 4. The minimum Gasteiger partial charge on any atom is -0.486 e. The molecule has 1 aliphatic rings. The van der Waals surface area contributed by atoms with Crippen LogP contribution >= 0.6 is 0 Å². The van der Waals surface area contributed by atoms with Gasteiger partial charge in [0.25, 0.3) is 0 Å². The zero-order valence-electron chi connectivity index (χ0n) is 13.7. The Kier molecular flexibility index (Phi) is 5.33. The first kappa shape index (κ1) is 16.3. The smallest absolute Gasteiger partial charge is 0.237 e. The Hall–Kier alpha value is -2.53. The first-order chi connectivity index (χ1) is 11.7. The summed E-state index contributed by atoms with van der Waals surface area (Å²) in [6, 6.07) is 17.2. The molecule has 5 heteroatoms. The fourth-order valence-electron chi connectivity index (χ4n) is 2.50. The van der Waals surface area contributed by atoms with Crippen LogP contribution < -0.4 is 20.1 Å². The molecule has 0 aromatic heterocycles. The van der Waals surface area contributed by atoms with Crippen LogP contribution in [0.15, 0.2) is 54.6 Å². The zero-order chi connectivity index (χ0) is 16.8. The first-order valence-corrected chi connectivity index (χ1v) is 8.16. The van der Waals surface area contributed by atoms with Gasteiger partial charge in [-0.1, -0.05) is 42.5 Å². The van der Waals surface area contributed by atoms with Crippen molar-refractivity contribution in [1.29, 1.82) is 0 Å². The second kappa shape index (κ2) is 7.84. The topological polar surface area (TPSA) is 59.6 Å². The van der Waals surface area contributed by atoms with E-state index in [4.69, 9.17) is 9.47 Å². The third kappa shape index (κ3) is 4.26. The highest BCUT2D eigenvalue weighted by Crippen LogP contribution is 2.30. The highest BCUT2D eigenvalue weighted by molar-refractivity contribution is 5.81. The van der Waals surface area contributed by atoms with E-state index in [2.05, 4.69) is 10.6 Å². The van der Waals surface area contributed by atoms with Gasteiger partial charge in [-0.3, -0.25) is 4.79 Å². The summed E-state index contributed by atoms with van der Waals surface area (Å²) in [7, 11) is 0. The fraction of sp³-hybridized carbons (Fsp3) is 0.316. The van der Waals surface area contributed by atoms with E-state index >= 15 is 0 Å². The van der Waals surface area contributed by atoms with Gasteiger partial charge in [-0.2, -0.15) is 0 Å². The Morgan fingerprint density at radius 1 is 1.12 bits per heavy atom. The summed E-state index contributed by atoms with van der Waals surface area (Å²) in [6.07, 6.45) is -0.107. The van der Waals surface area contributed by atoms with Crippen molar-refractivity contribution in [2.75, 3.05) is 13.2 Å². The van der Waals surface area contributed by atoms with Gasteiger partial charge in [0.15, 0.2) is 11.5 Å². The van der Waals surface area contributed by atoms with Gasteiger partial charge in [0, 0.05) is 13.1 Å². The number of carbonyl (C=O) groups excluding carboxylic acids is 1. The Balaban J connectivity index is 1.42. The standard InChI is InChI=1S/C19H22N2O3/c1-14(19(22)21-11-15-7-3-2-4-8-15)20-12-16-13-23-17-9-5-6-10-18(17)24-16/h2-10,14,16,20H,11-13H2,1H3,(H,21,22)/t14-,16-/m0/s1. The summed E-state index contributed by atoms with van der Waals surface area (Å²) < 4.78 is 11.5. The molecule has 0 saturated carbocycles. The summed E-state index contributed by atoms with van der Waals surface area (Å²) in [4.78, 5) is 12.1. The number of amides is 1. The predicted octanol–water partition coefficient (Wildman–Crippen LogP) is 2.12. The maximum Gasteiger partial charge on any atom is 0.237 e. The number of nitrogens with one attached hydrogen (secondary N) is 2. The number of carbonyl (C=O) groups is 1. The van der Waals surface area contributed by atoms with Gasteiger partial charge in [-0.25, -0.2) is 0 Å². The fourth-order valence-corrected chi connectivity index (χ4v) is 2.50. The van der Waals surface area contributed by atoms with Gasteiger partial charge in [0.1, 0.15) is 12.7 Å². The predicted molar refractivity (Wildman–Crippen MR) is 92.1 cm³/mol. The monoisotopic (exact) mass is 326 g/mol. The summed E-state index contributed by atoms with van der Waals surface area (Å²) in [5.74, 6) is 1.48. The third-order valence-corrected chi connectivity index (χ3v) is 3.92. The van der Waals surface area contributed by atoms with Crippen LogP contribution in [0.3, 0.4) is 0 Å². The molecular weight excluding hydrogens is 304 g/mol. The van der Waals surface area contributed by atoms with E-state index in [1.807, 2.05) is 61.5 Å². The number of ether oxygens (including phenoxy) is 2. The zero-order valence-corrected chi connectivity index (χ0v) is 13.7. The molecule has 3 rings (SSSR count). The van der Waals surface area contributed by atoms with Crippen LogP contribution in [0.1, 0.15) is 12.5 Å². The van der Waals surface area contributed by atoms with Crippen LogP contribution in [0.2, 0.25) is 0 Å². The lowest BCUT2D eigenvalue weighted by atomic mass is 10.2. The van der Waals surface area contributed by atoms with E-state index < -0.39 is 0 Å². The van der Waals surface area contributed by atoms with Crippen molar-refractivity contribution < 1.29 is 14.3 Å². The second-order valence-corrected chi connectivity index (χ2v) is 5.83. The average Bonchev–Trinajstić information content (AvgIpc) is 2.64. The quantitative estimate of drug-likeness (QED) is 0.854. The highest BCUT2D eigenvalue weighted by Gasteiger charge is 2.22. The van der Waals surface area contributed by atoms with Gasteiger partial charge >= 0.3 is 0 Å². The van der Waals surface area contributed by atoms with Crippen LogP contribution in [-0.2, 0) is 11.3 Å². The van der Waals surface area contributed by atoms with Crippen molar-refractivity contribution >= 4 is 5.91 Å². The Morgan fingerprint density at radius 3 is 2.62 bits per heavy atom. The molecule has 0 aliphatic carbocycles. The van der Waals surface area contributed by atoms with E-state index in [0.717, 1.165) is 17.1 Å². The minimum absolute atomic E-state index is 0.0315. The number of para-hydroxylation sites is 2. The molecule has 2 atom stereocenters. The molecule has 0 unspecified atom stereocenters.